The Balaban J connectivity index is 1.38. The summed E-state index contributed by atoms with van der Waals surface area (Å²) in [6.45, 7) is 4.86. The highest BCUT2D eigenvalue weighted by Crippen LogP contribution is 2.32. The number of hydrogen-bond donors (Lipinski definition) is 2. The zero-order valence-corrected chi connectivity index (χ0v) is 24.1. The zero-order valence-electron chi connectivity index (χ0n) is 24.1. The van der Waals surface area contributed by atoms with Gasteiger partial charge in [0.05, 0.1) is 23.1 Å². The van der Waals surface area contributed by atoms with Crippen LogP contribution in [0.2, 0.25) is 0 Å². The number of carbonyl (C=O) groups excluding carboxylic acids is 3. The number of aromatic amines is 1. The van der Waals surface area contributed by atoms with Crippen LogP contribution in [-0.4, -0.2) is 69.3 Å². The van der Waals surface area contributed by atoms with E-state index >= 15 is 0 Å². The summed E-state index contributed by atoms with van der Waals surface area (Å²) < 4.78 is 1.50. The van der Waals surface area contributed by atoms with E-state index in [0.29, 0.717) is 35.3 Å². The van der Waals surface area contributed by atoms with E-state index in [1.54, 1.807) is 12.4 Å². The van der Waals surface area contributed by atoms with Crippen molar-refractivity contribution < 1.29 is 14.4 Å². The zero-order chi connectivity index (χ0) is 30.1. The van der Waals surface area contributed by atoms with Crippen molar-refractivity contribution in [1.29, 1.82) is 0 Å². The molecule has 12 heteroatoms. The van der Waals surface area contributed by atoms with Crippen molar-refractivity contribution in [2.75, 3.05) is 5.32 Å². The highest BCUT2D eigenvalue weighted by atomic mass is 16.2. The molecule has 6 rings (SSSR count). The van der Waals surface area contributed by atoms with Crippen LogP contribution in [0.25, 0.3) is 28.0 Å². The van der Waals surface area contributed by atoms with E-state index in [1.165, 1.54) is 24.7 Å². The summed E-state index contributed by atoms with van der Waals surface area (Å²) in [4.78, 5) is 54.0. The quantitative estimate of drug-likeness (QED) is 0.258. The van der Waals surface area contributed by atoms with Gasteiger partial charge in [-0.05, 0) is 45.6 Å². The summed E-state index contributed by atoms with van der Waals surface area (Å²) in [5.41, 5.74) is 4.68. The minimum Gasteiger partial charge on any atom is -0.330 e. The number of H-pyrrole nitrogens is 1. The van der Waals surface area contributed by atoms with Crippen LogP contribution >= 0.6 is 0 Å². The molecule has 2 N–H and O–H groups in total. The molecule has 12 nitrogen and oxygen atoms in total. The van der Waals surface area contributed by atoms with Gasteiger partial charge in [0.25, 0.3) is 5.91 Å². The molecule has 1 saturated heterocycles. The van der Waals surface area contributed by atoms with Gasteiger partial charge < -0.3 is 10.2 Å². The van der Waals surface area contributed by atoms with Crippen molar-refractivity contribution in [1.82, 2.24) is 39.7 Å². The van der Waals surface area contributed by atoms with Crippen LogP contribution in [0.5, 0.6) is 0 Å². The first-order chi connectivity index (χ1) is 20.8. The van der Waals surface area contributed by atoms with Crippen LogP contribution < -0.4 is 5.32 Å². The molecule has 5 aromatic rings. The Kier molecular flexibility index (Phi) is 7.49. The third-order valence-corrected chi connectivity index (χ3v) is 7.86. The number of benzene rings is 1. The van der Waals surface area contributed by atoms with Crippen molar-refractivity contribution in [3.05, 3.63) is 78.3 Å². The minimum atomic E-state index is -0.333. The summed E-state index contributed by atoms with van der Waals surface area (Å²) in [6, 6.07) is 13.7. The molecular formula is C31H31N9O3. The summed E-state index contributed by atoms with van der Waals surface area (Å²) in [7, 11) is 0. The largest absolute Gasteiger partial charge is 0.330 e. The number of anilines is 1. The second-order valence-corrected chi connectivity index (χ2v) is 10.8. The maximum atomic E-state index is 13.2. The molecule has 0 spiro atoms. The van der Waals surface area contributed by atoms with E-state index < -0.39 is 0 Å². The molecule has 0 bridgehead atoms. The molecule has 0 aliphatic carbocycles. The number of Topliss-reactive ketones (excluding diaryl/α,β-unsaturated/α-hetero) is 1. The highest BCUT2D eigenvalue weighted by Gasteiger charge is 2.36. The Hall–Kier alpha value is -5.26. The van der Waals surface area contributed by atoms with Crippen molar-refractivity contribution in [3.8, 4) is 22.4 Å². The smallest absolute Gasteiger partial charge is 0.291 e. The van der Waals surface area contributed by atoms with E-state index in [0.717, 1.165) is 29.7 Å². The minimum absolute atomic E-state index is 0.0352. The van der Waals surface area contributed by atoms with Crippen molar-refractivity contribution in [3.63, 3.8) is 0 Å². The Morgan fingerprint density at radius 2 is 1.81 bits per heavy atom. The average Bonchev–Trinajstić information content (AvgIpc) is 3.76. The molecule has 5 heterocycles. The predicted octanol–water partition coefficient (Wildman–Crippen LogP) is 4.36. The molecule has 1 fully saturated rings. The third kappa shape index (κ3) is 5.39. The number of hydrogen-bond acceptors (Lipinski definition) is 8. The van der Waals surface area contributed by atoms with Gasteiger partial charge in [-0.1, -0.05) is 36.4 Å². The summed E-state index contributed by atoms with van der Waals surface area (Å²) in [5, 5.41) is 13.8. The fraction of sp³-hybridized carbons (Fsp3) is 0.290. The number of nitrogens with zero attached hydrogens (tertiary/aromatic N) is 7. The molecule has 2 atom stereocenters. The SMILES string of the molecule is CC(=O)Nc1c(C(C)=O)c(CC[C@H]2CC[C@@H](C)N2C(=O)c2ncn[nH]2)nc2c(-c3ccc(-c4ccccc4)nc3)cnn12. The molecule has 0 unspecified atom stereocenters. The van der Waals surface area contributed by atoms with Crippen LogP contribution in [0.4, 0.5) is 5.82 Å². The predicted molar refractivity (Wildman–Crippen MR) is 159 cm³/mol. The lowest BCUT2D eigenvalue weighted by Crippen LogP contribution is -2.40. The fourth-order valence-electron chi connectivity index (χ4n) is 5.86. The Labute approximate surface area is 247 Å². The van der Waals surface area contributed by atoms with Gasteiger partial charge in [0, 0.05) is 41.9 Å². The van der Waals surface area contributed by atoms with Crippen molar-refractivity contribution in [2.45, 2.75) is 58.5 Å². The molecule has 1 aliphatic heterocycles. The fourth-order valence-corrected chi connectivity index (χ4v) is 5.86. The van der Waals surface area contributed by atoms with E-state index in [4.69, 9.17) is 4.98 Å². The number of carbonyl (C=O) groups is 3. The van der Waals surface area contributed by atoms with Crippen molar-refractivity contribution in [2.24, 2.45) is 0 Å². The van der Waals surface area contributed by atoms with Gasteiger partial charge in [0.1, 0.15) is 12.1 Å². The van der Waals surface area contributed by atoms with Crippen LogP contribution in [-0.2, 0) is 11.2 Å². The number of nitrogens with one attached hydrogen (secondary N) is 2. The van der Waals surface area contributed by atoms with Crippen LogP contribution in [0, 0.1) is 0 Å². The number of fused-ring (bicyclic) bond motifs is 1. The van der Waals surface area contributed by atoms with Gasteiger partial charge in [-0.25, -0.2) is 9.97 Å². The number of likely N-dealkylation sites (tertiary alicyclic amines) is 1. The van der Waals surface area contributed by atoms with Gasteiger partial charge in [0.15, 0.2) is 11.4 Å². The van der Waals surface area contributed by atoms with Crippen LogP contribution in [0.15, 0.2) is 61.2 Å². The van der Waals surface area contributed by atoms with Gasteiger partial charge in [-0.2, -0.15) is 14.7 Å². The van der Waals surface area contributed by atoms with Gasteiger partial charge >= 0.3 is 0 Å². The highest BCUT2D eigenvalue weighted by molar-refractivity contribution is 6.04. The summed E-state index contributed by atoms with van der Waals surface area (Å²) >= 11 is 0. The number of rotatable bonds is 8. The molecule has 218 valence electrons. The molecule has 1 aromatic carbocycles. The normalized spacial score (nSPS) is 16.5. The Morgan fingerprint density at radius 3 is 2.49 bits per heavy atom. The number of pyridine rings is 1. The lowest BCUT2D eigenvalue weighted by molar-refractivity contribution is -0.114. The van der Waals surface area contributed by atoms with Crippen LogP contribution in [0.3, 0.4) is 0 Å². The van der Waals surface area contributed by atoms with E-state index in [9.17, 15) is 14.4 Å². The monoisotopic (exact) mass is 577 g/mol. The first-order valence-corrected chi connectivity index (χ1v) is 14.2. The Morgan fingerprint density at radius 1 is 1.00 bits per heavy atom. The van der Waals surface area contributed by atoms with Gasteiger partial charge in [-0.15, -0.1) is 0 Å². The number of aryl methyl sites for hydroxylation is 1. The topological polar surface area (TPSA) is 151 Å². The standard InChI is InChI=1S/C31H31N9O3/c1-18-9-11-23(39(18)31(43)28-33-17-34-38-28)12-14-26-27(19(2)41)30(36-20(3)42)40-29(37-26)24(16-35-40)22-10-13-25(32-15-22)21-7-5-4-6-8-21/h4-8,10,13,15-18,23H,9,11-12,14H2,1-3H3,(H,36,42)(H,33,34,38)/t18-,23-/m1/s1. The maximum absolute atomic E-state index is 13.2. The molecule has 43 heavy (non-hydrogen) atoms. The lowest BCUT2D eigenvalue weighted by Gasteiger charge is -2.28. The van der Waals surface area contributed by atoms with Gasteiger partial charge in [-0.3, -0.25) is 24.5 Å². The van der Waals surface area contributed by atoms with E-state index in [-0.39, 0.29) is 41.3 Å². The van der Waals surface area contributed by atoms with Crippen molar-refractivity contribution >= 4 is 29.1 Å². The van der Waals surface area contributed by atoms with Crippen LogP contribution in [0.1, 0.15) is 66.7 Å². The molecule has 0 saturated carbocycles. The molecule has 4 aromatic heterocycles. The summed E-state index contributed by atoms with van der Waals surface area (Å²) in [6.07, 6.45) is 7.40. The third-order valence-electron chi connectivity index (χ3n) is 7.86. The first kappa shape index (κ1) is 27.9. The maximum Gasteiger partial charge on any atom is 0.291 e. The molecular weight excluding hydrogens is 546 g/mol. The lowest BCUT2D eigenvalue weighted by atomic mass is 10.0. The molecule has 0 radical (unpaired) electrons. The summed E-state index contributed by atoms with van der Waals surface area (Å²) in [5.74, 6) is -0.305. The Bertz CT molecular complexity index is 1800. The second-order valence-electron chi connectivity index (χ2n) is 10.8. The number of aromatic nitrogens is 7. The second kappa shape index (κ2) is 11.6. The average molecular weight is 578 g/mol. The molecule has 2 amide bonds. The number of ketones is 1. The van der Waals surface area contributed by atoms with E-state index in [2.05, 4.69) is 30.6 Å². The molecule has 1 aliphatic rings. The van der Waals surface area contributed by atoms with E-state index in [1.807, 2.05) is 54.3 Å². The number of amides is 2. The van der Waals surface area contributed by atoms with Gasteiger partial charge in [0.2, 0.25) is 11.7 Å². The first-order valence-electron chi connectivity index (χ1n) is 14.2.